The molecule has 3 N–H and O–H groups in total. The number of nitrogens with zero attached hydrogens (tertiary/aromatic N) is 2. The lowest BCUT2D eigenvalue weighted by molar-refractivity contribution is -0.122. The number of carbonyl (C=O) groups excluding carboxylic acids is 1. The molecule has 0 bridgehead atoms. The summed E-state index contributed by atoms with van der Waals surface area (Å²) < 4.78 is 0. The lowest BCUT2D eigenvalue weighted by atomic mass is 10.0. The van der Waals surface area contributed by atoms with E-state index in [1.807, 2.05) is 42.5 Å². The predicted octanol–water partition coefficient (Wildman–Crippen LogP) is 2.09. The Bertz CT molecular complexity index is 1170. The minimum Gasteiger partial charge on any atom is -0.341 e. The SMILES string of the molecule is O=C(NC1=CCC2N=C(c3c4cccccc-4[nH]c3=O)NC2=C1)C1C=CN=CC1. The first-order valence-corrected chi connectivity index (χ1v) is 9.56. The Balaban J connectivity index is 1.36. The second-order valence-corrected chi connectivity index (χ2v) is 7.19. The molecule has 3 aliphatic heterocycles. The third kappa shape index (κ3) is 3.20. The van der Waals surface area contributed by atoms with E-state index in [2.05, 4.69) is 20.6 Å². The van der Waals surface area contributed by atoms with E-state index in [4.69, 9.17) is 4.99 Å². The molecule has 5 rings (SSSR count). The standard InChI is InChI=1S/C22H19N5O2/c28-21(13-8-10-23-11-9-13)24-14-6-7-17-18(12-14)26-20(25-17)19-15-4-2-1-3-5-16(15)27-22(19)29/h1-6,8,10-13,17H,7,9H2,(H,24,28)(H,25,26)(H,27,29). The Hall–Kier alpha value is -3.74. The number of H-pyrrole nitrogens is 1. The minimum absolute atomic E-state index is 0.0564. The molecule has 2 aliphatic carbocycles. The summed E-state index contributed by atoms with van der Waals surface area (Å²) in [5.74, 6) is 0.304. The maximum absolute atomic E-state index is 12.5. The smallest absolute Gasteiger partial charge is 0.260 e. The zero-order valence-electron chi connectivity index (χ0n) is 15.6. The van der Waals surface area contributed by atoms with Gasteiger partial charge < -0.3 is 15.6 Å². The van der Waals surface area contributed by atoms with E-state index < -0.39 is 0 Å². The molecule has 0 fully saturated rings. The second kappa shape index (κ2) is 7.01. The number of hydrogen-bond donors (Lipinski definition) is 3. The van der Waals surface area contributed by atoms with Gasteiger partial charge in [-0.25, -0.2) is 0 Å². The molecular formula is C22H19N5O2. The molecule has 2 unspecified atom stereocenters. The van der Waals surface area contributed by atoms with Crippen LogP contribution in [0.25, 0.3) is 11.3 Å². The monoisotopic (exact) mass is 385 g/mol. The topological polar surface area (TPSA) is 98.7 Å². The number of aliphatic imine (C=N–C) groups is 2. The molecule has 0 saturated carbocycles. The summed E-state index contributed by atoms with van der Waals surface area (Å²) in [4.78, 5) is 36.6. The van der Waals surface area contributed by atoms with E-state index in [1.54, 1.807) is 18.5 Å². The van der Waals surface area contributed by atoms with Crippen molar-refractivity contribution in [1.29, 1.82) is 0 Å². The van der Waals surface area contributed by atoms with E-state index >= 15 is 0 Å². The van der Waals surface area contributed by atoms with Crippen molar-refractivity contribution in [2.75, 3.05) is 0 Å². The van der Waals surface area contributed by atoms with E-state index in [1.165, 1.54) is 0 Å². The summed E-state index contributed by atoms with van der Waals surface area (Å²) in [7, 11) is 0. The number of allylic oxidation sites excluding steroid dienone is 1. The normalized spacial score (nSPS) is 22.4. The summed E-state index contributed by atoms with van der Waals surface area (Å²) in [5.41, 5.74) is 3.62. The molecular weight excluding hydrogens is 366 g/mol. The largest absolute Gasteiger partial charge is 0.341 e. The van der Waals surface area contributed by atoms with Crippen molar-refractivity contribution in [2.24, 2.45) is 15.9 Å². The fourth-order valence-corrected chi connectivity index (χ4v) is 3.78. The van der Waals surface area contributed by atoms with Gasteiger partial charge in [-0.1, -0.05) is 36.4 Å². The summed E-state index contributed by atoms with van der Waals surface area (Å²) in [6.45, 7) is 0. The Labute approximate surface area is 167 Å². The third-order valence-electron chi connectivity index (χ3n) is 5.27. The minimum atomic E-state index is -0.206. The number of aromatic nitrogens is 1. The lowest BCUT2D eigenvalue weighted by Crippen LogP contribution is -2.32. The van der Waals surface area contributed by atoms with Gasteiger partial charge in [0.1, 0.15) is 5.84 Å². The highest BCUT2D eigenvalue weighted by atomic mass is 16.2. The molecule has 144 valence electrons. The third-order valence-corrected chi connectivity index (χ3v) is 5.27. The van der Waals surface area contributed by atoms with Crippen molar-refractivity contribution in [1.82, 2.24) is 15.6 Å². The van der Waals surface area contributed by atoms with Gasteiger partial charge in [-0.2, -0.15) is 0 Å². The van der Waals surface area contributed by atoms with Crippen LogP contribution in [0.1, 0.15) is 18.4 Å². The Kier molecular flexibility index (Phi) is 4.20. The molecule has 0 radical (unpaired) electrons. The summed E-state index contributed by atoms with van der Waals surface area (Å²) in [5, 5.41) is 6.26. The molecule has 0 aromatic rings. The van der Waals surface area contributed by atoms with Gasteiger partial charge in [0, 0.05) is 35.1 Å². The van der Waals surface area contributed by atoms with Crippen LogP contribution in [-0.2, 0) is 4.79 Å². The van der Waals surface area contributed by atoms with E-state index in [9.17, 15) is 9.59 Å². The number of hydrogen-bond acceptors (Lipinski definition) is 5. The van der Waals surface area contributed by atoms with Crippen LogP contribution >= 0.6 is 0 Å². The highest BCUT2D eigenvalue weighted by Crippen LogP contribution is 2.27. The van der Waals surface area contributed by atoms with Gasteiger partial charge in [-0.3, -0.25) is 19.6 Å². The fourth-order valence-electron chi connectivity index (χ4n) is 3.78. The number of aromatic amines is 1. The van der Waals surface area contributed by atoms with Gasteiger partial charge in [0.25, 0.3) is 5.56 Å². The molecule has 7 heteroatoms. The number of nitrogens with one attached hydrogen (secondary N) is 3. The van der Waals surface area contributed by atoms with Crippen LogP contribution in [0.5, 0.6) is 0 Å². The number of amidine groups is 1. The van der Waals surface area contributed by atoms with Gasteiger partial charge in [-0.15, -0.1) is 0 Å². The number of fused-ring (bicyclic) bond motifs is 2. The van der Waals surface area contributed by atoms with Gasteiger partial charge >= 0.3 is 0 Å². The number of carbonyl (C=O) groups is 1. The zero-order chi connectivity index (χ0) is 19.8. The first kappa shape index (κ1) is 17.4. The van der Waals surface area contributed by atoms with Crippen LogP contribution < -0.4 is 16.2 Å². The molecule has 7 nitrogen and oxygen atoms in total. The first-order chi connectivity index (χ1) is 14.2. The van der Waals surface area contributed by atoms with Crippen LogP contribution in [0.4, 0.5) is 0 Å². The average molecular weight is 385 g/mol. The fraction of sp³-hybridized carbons (Fsp3) is 0.182. The van der Waals surface area contributed by atoms with Crippen LogP contribution in [0, 0.1) is 5.92 Å². The first-order valence-electron chi connectivity index (χ1n) is 9.56. The Morgan fingerprint density at radius 1 is 1.17 bits per heavy atom. The van der Waals surface area contributed by atoms with Crippen molar-refractivity contribution >= 4 is 18.0 Å². The molecule has 0 saturated heterocycles. The highest BCUT2D eigenvalue weighted by Gasteiger charge is 2.30. The van der Waals surface area contributed by atoms with Gasteiger partial charge in [0.05, 0.1) is 17.5 Å². The molecule has 29 heavy (non-hydrogen) atoms. The van der Waals surface area contributed by atoms with Crippen molar-refractivity contribution in [3.05, 3.63) is 82.1 Å². The van der Waals surface area contributed by atoms with Crippen molar-refractivity contribution in [2.45, 2.75) is 18.9 Å². The zero-order valence-corrected chi connectivity index (χ0v) is 15.6. The van der Waals surface area contributed by atoms with E-state index in [-0.39, 0.29) is 23.4 Å². The van der Waals surface area contributed by atoms with Crippen molar-refractivity contribution in [3.63, 3.8) is 0 Å². The lowest BCUT2D eigenvalue weighted by Gasteiger charge is -2.18. The Morgan fingerprint density at radius 2 is 2.07 bits per heavy atom. The quantitative estimate of drug-likeness (QED) is 0.754. The summed E-state index contributed by atoms with van der Waals surface area (Å²) in [6.07, 6.45) is 10.3. The molecule has 0 aromatic carbocycles. The summed E-state index contributed by atoms with van der Waals surface area (Å²) >= 11 is 0. The average Bonchev–Trinajstić information content (AvgIpc) is 3.20. The van der Waals surface area contributed by atoms with Crippen LogP contribution in [0.15, 0.2) is 80.9 Å². The van der Waals surface area contributed by atoms with Crippen LogP contribution in [0.3, 0.4) is 0 Å². The Morgan fingerprint density at radius 3 is 2.93 bits per heavy atom. The molecule has 2 atom stereocenters. The number of rotatable bonds is 3. The van der Waals surface area contributed by atoms with Crippen LogP contribution in [-0.4, -0.2) is 29.0 Å². The van der Waals surface area contributed by atoms with Gasteiger partial charge in [-0.05, 0) is 25.0 Å². The van der Waals surface area contributed by atoms with Gasteiger partial charge in [0.2, 0.25) is 5.91 Å². The molecule has 0 aromatic heterocycles. The molecule has 0 spiro atoms. The maximum Gasteiger partial charge on any atom is 0.260 e. The maximum atomic E-state index is 12.5. The highest BCUT2D eigenvalue weighted by molar-refractivity contribution is 6.07. The van der Waals surface area contributed by atoms with Crippen molar-refractivity contribution in [3.8, 4) is 11.3 Å². The van der Waals surface area contributed by atoms with Crippen molar-refractivity contribution < 1.29 is 4.79 Å². The molecule has 3 heterocycles. The predicted molar refractivity (Wildman–Crippen MR) is 112 cm³/mol. The molecule has 1 amide bonds. The molecule has 5 aliphatic rings. The van der Waals surface area contributed by atoms with E-state index in [0.717, 1.165) is 22.7 Å². The van der Waals surface area contributed by atoms with Crippen LogP contribution in [0.2, 0.25) is 0 Å². The second-order valence-electron chi connectivity index (χ2n) is 7.19. The van der Waals surface area contributed by atoms with E-state index in [0.29, 0.717) is 24.2 Å². The summed E-state index contributed by atoms with van der Waals surface area (Å²) in [6, 6.07) is 9.42. The van der Waals surface area contributed by atoms with Gasteiger partial charge in [0.15, 0.2) is 0 Å². The number of amides is 1.